The summed E-state index contributed by atoms with van der Waals surface area (Å²) in [6.07, 6.45) is 10.2. The molecule has 0 saturated heterocycles. The number of unbranched alkanes of at least 4 members (excludes halogenated alkanes) is 2. The third-order valence-corrected chi connectivity index (χ3v) is 3.27. The molecule has 3 nitrogen and oxygen atoms in total. The van der Waals surface area contributed by atoms with Crippen LogP contribution in [0.25, 0.3) is 0 Å². The Bertz CT molecular complexity index is 390. The molecule has 0 unspecified atom stereocenters. The van der Waals surface area contributed by atoms with Crippen molar-refractivity contribution in [2.75, 3.05) is 0 Å². The Hall–Kier alpha value is -1.51. The maximum absolute atomic E-state index is 11.1. The highest BCUT2D eigenvalue weighted by atomic mass is 16.1. The predicted molar refractivity (Wildman–Crippen MR) is 97.4 cm³/mol. The predicted octanol–water partition coefficient (Wildman–Crippen LogP) is 5.09. The molecular formula is C20H34O3. The van der Waals surface area contributed by atoms with Gasteiger partial charge in [-0.25, -0.2) is 0 Å². The molecule has 0 aromatic rings. The van der Waals surface area contributed by atoms with E-state index in [1.807, 2.05) is 39.8 Å². The molecule has 0 radical (unpaired) electrons. The first kappa shape index (κ1) is 23.8. The van der Waals surface area contributed by atoms with Gasteiger partial charge in [-0.15, -0.1) is 6.58 Å². The maximum Gasteiger partial charge on any atom is 0.152 e. The molecule has 23 heavy (non-hydrogen) atoms. The van der Waals surface area contributed by atoms with E-state index in [0.717, 1.165) is 25.7 Å². The average molecular weight is 322 g/mol. The van der Waals surface area contributed by atoms with Crippen LogP contribution in [0.5, 0.6) is 0 Å². The van der Waals surface area contributed by atoms with E-state index in [9.17, 15) is 14.4 Å². The molecular weight excluding hydrogens is 288 g/mol. The summed E-state index contributed by atoms with van der Waals surface area (Å²) in [6.45, 7) is 12.8. The lowest BCUT2D eigenvalue weighted by Gasteiger charge is -2.01. The zero-order valence-electron chi connectivity index (χ0n) is 15.6. The second-order valence-electron chi connectivity index (χ2n) is 6.33. The number of hydrogen-bond donors (Lipinski definition) is 0. The molecule has 0 spiro atoms. The van der Waals surface area contributed by atoms with Gasteiger partial charge in [0.25, 0.3) is 0 Å². The molecule has 132 valence electrons. The van der Waals surface area contributed by atoms with Crippen molar-refractivity contribution in [3.63, 3.8) is 0 Å². The van der Waals surface area contributed by atoms with Gasteiger partial charge in [-0.05, 0) is 38.7 Å². The zero-order chi connectivity index (χ0) is 18.3. The van der Waals surface area contributed by atoms with Crippen LogP contribution < -0.4 is 0 Å². The van der Waals surface area contributed by atoms with Crippen LogP contribution in [0.1, 0.15) is 73.1 Å². The quantitative estimate of drug-likeness (QED) is 0.302. The number of rotatable bonds is 11. The molecule has 0 bridgehead atoms. The Morgan fingerprint density at radius 1 is 0.870 bits per heavy atom. The molecule has 0 heterocycles. The fourth-order valence-electron chi connectivity index (χ4n) is 1.64. The number of hydrogen-bond acceptors (Lipinski definition) is 3. The fourth-order valence-corrected chi connectivity index (χ4v) is 1.64. The van der Waals surface area contributed by atoms with Crippen LogP contribution in [0.4, 0.5) is 0 Å². The summed E-state index contributed by atoms with van der Waals surface area (Å²) in [5.74, 6) is 1.06. The summed E-state index contributed by atoms with van der Waals surface area (Å²) in [7, 11) is 0. The molecule has 0 aromatic heterocycles. The molecule has 0 saturated carbocycles. The van der Waals surface area contributed by atoms with Gasteiger partial charge in [0.05, 0.1) is 0 Å². The molecule has 3 heteroatoms. The SMILES string of the molecule is C=CCCCC(=O)C(C)C.CC(=O)/C=C/CCCC(=O)C(C)C. The smallest absolute Gasteiger partial charge is 0.152 e. The molecule has 0 aliphatic heterocycles. The Morgan fingerprint density at radius 3 is 1.65 bits per heavy atom. The minimum atomic E-state index is 0.0650. The standard InChI is InChI=1S/C11H18O2.C9H16O/c1-9(2)11(13)8-6-4-5-7-10(3)12;1-4-5-6-7-9(10)8(2)3/h5,7,9H,4,6,8H2,1-3H3;4,8H,1,5-7H2,2-3H3/b7-5+;. The average Bonchev–Trinajstić information content (AvgIpc) is 2.46. The molecule has 0 amide bonds. The van der Waals surface area contributed by atoms with Gasteiger partial charge in [0.2, 0.25) is 0 Å². The fraction of sp³-hybridized carbons (Fsp3) is 0.650. The summed E-state index contributed by atoms with van der Waals surface area (Å²) in [5.41, 5.74) is 0. The van der Waals surface area contributed by atoms with Crippen LogP contribution in [0.3, 0.4) is 0 Å². The van der Waals surface area contributed by atoms with E-state index in [2.05, 4.69) is 6.58 Å². The van der Waals surface area contributed by atoms with Gasteiger partial charge in [0.1, 0.15) is 11.6 Å². The molecule has 0 N–H and O–H groups in total. The second kappa shape index (κ2) is 15.4. The summed E-state index contributed by atoms with van der Waals surface area (Å²) < 4.78 is 0. The van der Waals surface area contributed by atoms with Gasteiger partial charge in [0, 0.05) is 24.7 Å². The summed E-state index contributed by atoms with van der Waals surface area (Å²) in [6, 6.07) is 0. The number of ketones is 3. The van der Waals surface area contributed by atoms with Crippen molar-refractivity contribution in [2.24, 2.45) is 11.8 Å². The first-order valence-electron chi connectivity index (χ1n) is 8.55. The normalized spacial score (nSPS) is 10.6. The minimum absolute atomic E-state index is 0.0650. The monoisotopic (exact) mass is 322 g/mol. The van der Waals surface area contributed by atoms with Gasteiger partial charge < -0.3 is 0 Å². The van der Waals surface area contributed by atoms with E-state index < -0.39 is 0 Å². The first-order valence-corrected chi connectivity index (χ1v) is 8.55. The molecule has 0 fully saturated rings. The molecule has 0 aromatic carbocycles. The van der Waals surface area contributed by atoms with Crippen LogP contribution in [0.15, 0.2) is 24.8 Å². The van der Waals surface area contributed by atoms with Crippen molar-refractivity contribution in [1.82, 2.24) is 0 Å². The number of carbonyl (C=O) groups excluding carboxylic acids is 3. The lowest BCUT2D eigenvalue weighted by molar-refractivity contribution is -0.122. The van der Waals surface area contributed by atoms with Crippen molar-refractivity contribution < 1.29 is 14.4 Å². The van der Waals surface area contributed by atoms with E-state index in [4.69, 9.17) is 0 Å². The highest BCUT2D eigenvalue weighted by Crippen LogP contribution is 2.05. The Morgan fingerprint density at radius 2 is 1.30 bits per heavy atom. The minimum Gasteiger partial charge on any atom is -0.299 e. The number of carbonyl (C=O) groups is 3. The first-order chi connectivity index (χ1) is 10.7. The van der Waals surface area contributed by atoms with E-state index in [0.29, 0.717) is 24.4 Å². The van der Waals surface area contributed by atoms with Crippen LogP contribution in [0, 0.1) is 11.8 Å². The van der Waals surface area contributed by atoms with Crippen LogP contribution >= 0.6 is 0 Å². The van der Waals surface area contributed by atoms with E-state index in [1.165, 1.54) is 6.92 Å². The zero-order valence-corrected chi connectivity index (χ0v) is 15.6. The van der Waals surface area contributed by atoms with Crippen molar-refractivity contribution in [1.29, 1.82) is 0 Å². The third kappa shape index (κ3) is 18.4. The lowest BCUT2D eigenvalue weighted by Crippen LogP contribution is -2.05. The summed E-state index contributed by atoms with van der Waals surface area (Å²) in [5, 5.41) is 0. The van der Waals surface area contributed by atoms with Crippen molar-refractivity contribution >= 4 is 17.3 Å². The molecule has 0 aliphatic carbocycles. The molecule has 0 aliphatic rings. The third-order valence-electron chi connectivity index (χ3n) is 3.27. The lowest BCUT2D eigenvalue weighted by atomic mass is 10.0. The molecule has 0 atom stereocenters. The Kier molecular flexibility index (Phi) is 15.9. The van der Waals surface area contributed by atoms with Gasteiger partial charge in [-0.2, -0.15) is 0 Å². The van der Waals surface area contributed by atoms with Crippen molar-refractivity contribution in [2.45, 2.75) is 73.1 Å². The topological polar surface area (TPSA) is 51.2 Å². The van der Waals surface area contributed by atoms with Crippen LogP contribution in [-0.2, 0) is 14.4 Å². The summed E-state index contributed by atoms with van der Waals surface area (Å²) >= 11 is 0. The maximum atomic E-state index is 11.1. The van der Waals surface area contributed by atoms with E-state index in [1.54, 1.807) is 6.08 Å². The van der Waals surface area contributed by atoms with Gasteiger partial charge in [-0.1, -0.05) is 39.8 Å². The van der Waals surface area contributed by atoms with Crippen molar-refractivity contribution in [3.8, 4) is 0 Å². The second-order valence-corrected chi connectivity index (χ2v) is 6.33. The van der Waals surface area contributed by atoms with Crippen molar-refractivity contribution in [3.05, 3.63) is 24.8 Å². The largest absolute Gasteiger partial charge is 0.299 e. The Labute approximate surface area is 142 Å². The molecule has 0 rings (SSSR count). The van der Waals surface area contributed by atoms with Gasteiger partial charge >= 0.3 is 0 Å². The number of allylic oxidation sites excluding steroid dienone is 3. The highest BCUT2D eigenvalue weighted by Gasteiger charge is 2.05. The van der Waals surface area contributed by atoms with Gasteiger partial charge in [0.15, 0.2) is 5.78 Å². The Balaban J connectivity index is 0. The van der Waals surface area contributed by atoms with Crippen LogP contribution in [-0.4, -0.2) is 17.3 Å². The van der Waals surface area contributed by atoms with Gasteiger partial charge in [-0.3, -0.25) is 14.4 Å². The van der Waals surface area contributed by atoms with E-state index >= 15 is 0 Å². The van der Waals surface area contributed by atoms with E-state index in [-0.39, 0.29) is 17.6 Å². The van der Waals surface area contributed by atoms with Crippen LogP contribution in [0.2, 0.25) is 0 Å². The highest BCUT2D eigenvalue weighted by molar-refractivity contribution is 5.87. The summed E-state index contributed by atoms with van der Waals surface area (Å²) in [4.78, 5) is 32.6. The number of Topliss-reactive ketones (excluding diaryl/α,β-unsaturated/α-hetero) is 2.